The number of hydrogen-bond acceptors (Lipinski definition) is 7. The number of benzene rings is 2. The van der Waals surface area contributed by atoms with Crippen molar-refractivity contribution in [3.63, 3.8) is 0 Å². The SMILES string of the molecule is O=C(C[C@H]1CCC[C@@H]1O)C(CO)c1ccc(Nc2ncc(-c3ccc(OC(F)F)cc3)cn2)cc1. The number of anilines is 2. The zero-order valence-electron chi connectivity index (χ0n) is 19.0. The van der Waals surface area contributed by atoms with Crippen molar-refractivity contribution >= 4 is 17.4 Å². The molecule has 7 nitrogen and oxygen atoms in total. The number of Topliss-reactive ketones (excluding diaryl/α,β-unsaturated/α-hetero) is 1. The van der Waals surface area contributed by atoms with Gasteiger partial charge in [0.05, 0.1) is 18.6 Å². The van der Waals surface area contributed by atoms with Crippen molar-refractivity contribution in [3.05, 3.63) is 66.5 Å². The number of hydrogen-bond donors (Lipinski definition) is 3. The lowest BCUT2D eigenvalue weighted by atomic mass is 9.88. The summed E-state index contributed by atoms with van der Waals surface area (Å²) in [5, 5.41) is 22.9. The van der Waals surface area contributed by atoms with Crippen molar-refractivity contribution < 1.29 is 28.5 Å². The number of carbonyl (C=O) groups excluding carboxylic acids is 1. The number of alkyl halides is 2. The fraction of sp³-hybridized carbons (Fsp3) is 0.346. The molecule has 1 aliphatic rings. The van der Waals surface area contributed by atoms with Crippen LogP contribution >= 0.6 is 0 Å². The third-order valence-corrected chi connectivity index (χ3v) is 6.29. The Kier molecular flexibility index (Phi) is 7.99. The van der Waals surface area contributed by atoms with Crippen LogP contribution in [0.1, 0.15) is 37.2 Å². The highest BCUT2D eigenvalue weighted by Crippen LogP contribution is 2.31. The summed E-state index contributed by atoms with van der Waals surface area (Å²) in [7, 11) is 0. The third-order valence-electron chi connectivity index (χ3n) is 6.29. The highest BCUT2D eigenvalue weighted by molar-refractivity contribution is 5.86. The van der Waals surface area contributed by atoms with Gasteiger partial charge in [0, 0.05) is 30.1 Å². The van der Waals surface area contributed by atoms with Crippen LogP contribution in [-0.4, -0.2) is 45.3 Å². The maximum atomic E-state index is 12.7. The zero-order chi connectivity index (χ0) is 24.8. The normalized spacial score (nSPS) is 18.4. The molecule has 1 aromatic heterocycles. The van der Waals surface area contributed by atoms with Gasteiger partial charge in [0.25, 0.3) is 0 Å². The van der Waals surface area contributed by atoms with E-state index in [1.54, 1.807) is 48.8 Å². The van der Waals surface area contributed by atoms with Crippen molar-refractivity contribution in [3.8, 4) is 16.9 Å². The Hall–Kier alpha value is -3.43. The molecule has 0 radical (unpaired) electrons. The molecule has 1 heterocycles. The minimum absolute atomic E-state index is 0.0264. The number of rotatable bonds is 10. The average molecular weight is 484 g/mol. The summed E-state index contributed by atoms with van der Waals surface area (Å²) < 4.78 is 28.9. The van der Waals surface area contributed by atoms with Gasteiger partial charge in [0.1, 0.15) is 11.5 Å². The highest BCUT2D eigenvalue weighted by Gasteiger charge is 2.30. The van der Waals surface area contributed by atoms with E-state index in [0.29, 0.717) is 22.8 Å². The largest absolute Gasteiger partial charge is 0.435 e. The van der Waals surface area contributed by atoms with Gasteiger partial charge in [-0.3, -0.25) is 4.79 Å². The highest BCUT2D eigenvalue weighted by atomic mass is 19.3. The fourth-order valence-corrected chi connectivity index (χ4v) is 4.35. The average Bonchev–Trinajstić information content (AvgIpc) is 3.25. The number of nitrogens with one attached hydrogen (secondary N) is 1. The Balaban J connectivity index is 1.36. The predicted octanol–water partition coefficient (Wildman–Crippen LogP) is 4.68. The number of carbonyl (C=O) groups is 1. The first-order chi connectivity index (χ1) is 16.9. The topological polar surface area (TPSA) is 105 Å². The molecule has 0 aliphatic heterocycles. The van der Waals surface area contributed by atoms with Gasteiger partial charge in [-0.15, -0.1) is 0 Å². The van der Waals surface area contributed by atoms with E-state index in [0.717, 1.165) is 24.8 Å². The van der Waals surface area contributed by atoms with E-state index in [-0.39, 0.29) is 30.5 Å². The van der Waals surface area contributed by atoms with Gasteiger partial charge >= 0.3 is 6.61 Å². The lowest BCUT2D eigenvalue weighted by Gasteiger charge is -2.18. The Morgan fingerprint density at radius 2 is 1.71 bits per heavy atom. The van der Waals surface area contributed by atoms with Crippen LogP contribution in [0.25, 0.3) is 11.1 Å². The molecular formula is C26H27F2N3O4. The van der Waals surface area contributed by atoms with Crippen LogP contribution < -0.4 is 10.1 Å². The van der Waals surface area contributed by atoms with E-state index >= 15 is 0 Å². The van der Waals surface area contributed by atoms with Crippen molar-refractivity contribution in [2.45, 2.75) is 44.3 Å². The summed E-state index contributed by atoms with van der Waals surface area (Å²) in [5.74, 6) is -0.268. The first-order valence-electron chi connectivity index (χ1n) is 11.5. The lowest BCUT2D eigenvalue weighted by Crippen LogP contribution is -2.23. The van der Waals surface area contributed by atoms with E-state index < -0.39 is 18.6 Å². The number of nitrogens with zero attached hydrogens (tertiary/aromatic N) is 2. The number of aliphatic hydroxyl groups excluding tert-OH is 2. The maximum Gasteiger partial charge on any atom is 0.387 e. The van der Waals surface area contributed by atoms with Crippen LogP contribution in [0, 0.1) is 5.92 Å². The van der Waals surface area contributed by atoms with Crippen molar-refractivity contribution in [2.24, 2.45) is 5.92 Å². The monoisotopic (exact) mass is 483 g/mol. The summed E-state index contributed by atoms with van der Waals surface area (Å²) in [6.07, 6.45) is 5.56. The molecule has 3 atom stereocenters. The molecule has 1 fully saturated rings. The van der Waals surface area contributed by atoms with Crippen molar-refractivity contribution in [1.29, 1.82) is 0 Å². The fourth-order valence-electron chi connectivity index (χ4n) is 4.35. The van der Waals surface area contributed by atoms with Gasteiger partial charge in [0.15, 0.2) is 0 Å². The summed E-state index contributed by atoms with van der Waals surface area (Å²) in [4.78, 5) is 21.3. The molecule has 184 valence electrons. The summed E-state index contributed by atoms with van der Waals surface area (Å²) in [5.41, 5.74) is 2.90. The second kappa shape index (κ2) is 11.3. The Labute approximate surface area is 201 Å². The van der Waals surface area contributed by atoms with Crippen LogP contribution in [0.5, 0.6) is 5.75 Å². The molecule has 2 aromatic carbocycles. The molecule has 0 bridgehead atoms. The van der Waals surface area contributed by atoms with E-state index in [2.05, 4.69) is 20.0 Å². The molecule has 1 saturated carbocycles. The minimum atomic E-state index is -2.87. The molecule has 9 heteroatoms. The molecule has 3 N–H and O–H groups in total. The minimum Gasteiger partial charge on any atom is -0.435 e. The maximum absolute atomic E-state index is 12.7. The first kappa shape index (κ1) is 24.7. The molecular weight excluding hydrogens is 456 g/mol. The predicted molar refractivity (Wildman–Crippen MR) is 127 cm³/mol. The van der Waals surface area contributed by atoms with E-state index in [1.165, 1.54) is 12.1 Å². The Bertz CT molecular complexity index is 1110. The summed E-state index contributed by atoms with van der Waals surface area (Å²) >= 11 is 0. The second-order valence-corrected chi connectivity index (χ2v) is 8.61. The van der Waals surface area contributed by atoms with Gasteiger partial charge < -0.3 is 20.3 Å². The number of ether oxygens (including phenoxy) is 1. The number of aromatic nitrogens is 2. The Morgan fingerprint density at radius 3 is 2.29 bits per heavy atom. The molecule has 0 spiro atoms. The van der Waals surface area contributed by atoms with Gasteiger partial charge in [-0.2, -0.15) is 8.78 Å². The first-order valence-corrected chi connectivity index (χ1v) is 11.5. The zero-order valence-corrected chi connectivity index (χ0v) is 19.0. The summed E-state index contributed by atoms with van der Waals surface area (Å²) in [6, 6.07) is 13.3. The number of halogens is 2. The van der Waals surface area contributed by atoms with Gasteiger partial charge in [0.2, 0.25) is 5.95 Å². The number of ketones is 1. The van der Waals surface area contributed by atoms with Crippen LogP contribution in [0.15, 0.2) is 60.9 Å². The molecule has 3 aromatic rings. The van der Waals surface area contributed by atoms with E-state index in [1.807, 2.05) is 0 Å². The molecule has 1 unspecified atom stereocenters. The Morgan fingerprint density at radius 1 is 1.03 bits per heavy atom. The van der Waals surface area contributed by atoms with E-state index in [9.17, 15) is 23.8 Å². The third kappa shape index (κ3) is 6.37. The second-order valence-electron chi connectivity index (χ2n) is 8.61. The molecule has 0 amide bonds. The number of aliphatic hydroxyl groups is 2. The van der Waals surface area contributed by atoms with Crippen molar-refractivity contribution in [2.75, 3.05) is 11.9 Å². The van der Waals surface area contributed by atoms with Gasteiger partial charge in [-0.25, -0.2) is 9.97 Å². The quantitative estimate of drug-likeness (QED) is 0.384. The van der Waals surface area contributed by atoms with E-state index in [4.69, 9.17) is 0 Å². The van der Waals surface area contributed by atoms with Crippen LogP contribution in [-0.2, 0) is 4.79 Å². The smallest absolute Gasteiger partial charge is 0.387 e. The van der Waals surface area contributed by atoms with Crippen molar-refractivity contribution in [1.82, 2.24) is 9.97 Å². The van der Waals surface area contributed by atoms with Crippen LogP contribution in [0.2, 0.25) is 0 Å². The van der Waals surface area contributed by atoms with Crippen LogP contribution in [0.3, 0.4) is 0 Å². The molecule has 1 aliphatic carbocycles. The summed E-state index contributed by atoms with van der Waals surface area (Å²) in [6.45, 7) is -3.15. The van der Waals surface area contributed by atoms with Crippen LogP contribution in [0.4, 0.5) is 20.4 Å². The standard InChI is InChI=1S/C26H27F2N3O4/c27-25(28)35-21-10-6-16(7-11-21)19-13-29-26(30-14-19)31-20-8-4-17(5-9-20)22(15-32)24(34)12-18-2-1-3-23(18)33/h4-11,13-14,18,22-23,25,32-33H,1-3,12,15H2,(H,29,30,31)/t18-,22?,23+/m1/s1. The van der Waals surface area contributed by atoms with Gasteiger partial charge in [-0.1, -0.05) is 30.7 Å². The molecule has 0 saturated heterocycles. The lowest BCUT2D eigenvalue weighted by molar-refractivity contribution is -0.123. The van der Waals surface area contributed by atoms with Gasteiger partial charge in [-0.05, 0) is 54.2 Å². The molecule has 4 rings (SSSR count). The molecule has 35 heavy (non-hydrogen) atoms.